The zero-order valence-corrected chi connectivity index (χ0v) is 16.0. The topological polar surface area (TPSA) is 32.3 Å². The molecule has 0 aromatic carbocycles. The van der Waals surface area contributed by atoms with E-state index in [0.717, 1.165) is 25.9 Å². The molecule has 2 atom stereocenters. The van der Waals surface area contributed by atoms with Crippen LogP contribution in [0.4, 0.5) is 0 Å². The van der Waals surface area contributed by atoms with Gasteiger partial charge in [-0.1, -0.05) is 39.5 Å². The molecule has 2 aliphatic rings. The minimum atomic E-state index is 0.297. The van der Waals surface area contributed by atoms with Crippen LogP contribution in [0, 0.1) is 11.8 Å². The second kappa shape index (κ2) is 8.48. The first-order valence-corrected chi connectivity index (χ1v) is 10.6. The Balaban J connectivity index is 1.69. The fourth-order valence-corrected chi connectivity index (χ4v) is 5.17. The van der Waals surface area contributed by atoms with E-state index in [1.165, 1.54) is 42.5 Å². The highest BCUT2D eigenvalue weighted by Gasteiger charge is 2.37. The predicted molar refractivity (Wildman–Crippen MR) is 101 cm³/mol. The van der Waals surface area contributed by atoms with Crippen molar-refractivity contribution in [1.82, 2.24) is 10.2 Å². The van der Waals surface area contributed by atoms with Gasteiger partial charge in [0.15, 0.2) is 0 Å². The number of nitrogens with zero attached hydrogens (tertiary/aromatic N) is 1. The summed E-state index contributed by atoms with van der Waals surface area (Å²) in [5, 5.41) is 5.60. The van der Waals surface area contributed by atoms with Gasteiger partial charge in [-0.25, -0.2) is 0 Å². The maximum Gasteiger partial charge on any atom is 0.237 e. The van der Waals surface area contributed by atoms with Gasteiger partial charge in [0.1, 0.15) is 0 Å². The van der Waals surface area contributed by atoms with E-state index in [-0.39, 0.29) is 0 Å². The van der Waals surface area contributed by atoms with Crippen molar-refractivity contribution in [3.05, 3.63) is 21.9 Å². The number of rotatable bonds is 6. The van der Waals surface area contributed by atoms with Gasteiger partial charge >= 0.3 is 0 Å². The lowest BCUT2D eigenvalue weighted by atomic mass is 9.79. The van der Waals surface area contributed by atoms with E-state index in [4.69, 9.17) is 0 Å². The highest BCUT2D eigenvalue weighted by molar-refractivity contribution is 7.10. The number of fused-ring (bicyclic) bond motifs is 1. The second-order valence-corrected chi connectivity index (χ2v) is 8.62. The van der Waals surface area contributed by atoms with Crippen molar-refractivity contribution in [2.45, 2.75) is 64.8 Å². The van der Waals surface area contributed by atoms with Crippen LogP contribution in [0.3, 0.4) is 0 Å². The lowest BCUT2D eigenvalue weighted by Crippen LogP contribution is -2.46. The molecule has 2 heterocycles. The van der Waals surface area contributed by atoms with Gasteiger partial charge in [0, 0.05) is 11.4 Å². The Kier molecular flexibility index (Phi) is 6.34. The number of amides is 1. The first kappa shape index (κ1) is 17.9. The van der Waals surface area contributed by atoms with Gasteiger partial charge in [-0.3, -0.25) is 4.79 Å². The maximum absolute atomic E-state index is 12.9. The van der Waals surface area contributed by atoms with Gasteiger partial charge in [-0.15, -0.1) is 11.3 Å². The van der Waals surface area contributed by atoms with Crippen molar-refractivity contribution in [3.8, 4) is 0 Å². The van der Waals surface area contributed by atoms with E-state index in [9.17, 15) is 4.79 Å². The van der Waals surface area contributed by atoms with E-state index in [1.807, 2.05) is 11.3 Å². The van der Waals surface area contributed by atoms with Crippen LogP contribution in [-0.2, 0) is 11.2 Å². The minimum Gasteiger partial charge on any atom is -0.334 e. The fourth-order valence-electron chi connectivity index (χ4n) is 4.26. The van der Waals surface area contributed by atoms with Crippen LogP contribution >= 0.6 is 11.3 Å². The predicted octanol–water partition coefficient (Wildman–Crippen LogP) is 4.39. The highest BCUT2D eigenvalue weighted by Crippen LogP contribution is 2.43. The molecule has 0 spiro atoms. The highest BCUT2D eigenvalue weighted by atomic mass is 32.1. The van der Waals surface area contributed by atoms with Crippen molar-refractivity contribution in [2.24, 2.45) is 11.8 Å². The molecular weight excluding hydrogens is 316 g/mol. The summed E-state index contributed by atoms with van der Waals surface area (Å²) in [6.45, 7) is 6.77. The number of nitrogens with one attached hydrogen (secondary N) is 1. The van der Waals surface area contributed by atoms with Gasteiger partial charge in [0.2, 0.25) is 5.91 Å². The van der Waals surface area contributed by atoms with Crippen LogP contribution in [-0.4, -0.2) is 30.4 Å². The van der Waals surface area contributed by atoms with E-state index in [1.54, 1.807) is 0 Å². The molecule has 2 unspecified atom stereocenters. The van der Waals surface area contributed by atoms with Gasteiger partial charge in [0.05, 0.1) is 12.6 Å². The third-order valence-corrected chi connectivity index (χ3v) is 6.89. The number of carbonyl (C=O) groups is 1. The summed E-state index contributed by atoms with van der Waals surface area (Å²) in [7, 11) is 0. The second-order valence-electron chi connectivity index (χ2n) is 7.62. The van der Waals surface area contributed by atoms with Crippen LogP contribution in [0.2, 0.25) is 0 Å². The molecule has 4 heteroatoms. The van der Waals surface area contributed by atoms with E-state index < -0.39 is 0 Å². The molecule has 1 aromatic heterocycles. The van der Waals surface area contributed by atoms with Gasteiger partial charge < -0.3 is 10.2 Å². The summed E-state index contributed by atoms with van der Waals surface area (Å²) in [6, 6.07) is 2.61. The van der Waals surface area contributed by atoms with Crippen LogP contribution < -0.4 is 5.32 Å². The van der Waals surface area contributed by atoms with Crippen molar-refractivity contribution < 1.29 is 4.79 Å². The Morgan fingerprint density at radius 1 is 1.38 bits per heavy atom. The Morgan fingerprint density at radius 2 is 2.17 bits per heavy atom. The van der Waals surface area contributed by atoms with Crippen LogP contribution in [0.1, 0.15) is 68.9 Å². The molecule has 1 fully saturated rings. The molecule has 1 aromatic rings. The molecule has 0 saturated heterocycles. The van der Waals surface area contributed by atoms with Crippen LogP contribution in [0.5, 0.6) is 0 Å². The Labute approximate surface area is 150 Å². The van der Waals surface area contributed by atoms with Gasteiger partial charge in [-0.2, -0.15) is 0 Å². The average Bonchev–Trinajstić information content (AvgIpc) is 3.10. The van der Waals surface area contributed by atoms with Crippen molar-refractivity contribution in [1.29, 1.82) is 0 Å². The third kappa shape index (κ3) is 4.02. The summed E-state index contributed by atoms with van der Waals surface area (Å²) < 4.78 is 0. The third-order valence-electron chi connectivity index (χ3n) is 5.90. The molecule has 134 valence electrons. The quantitative estimate of drug-likeness (QED) is 0.827. The maximum atomic E-state index is 12.9. The van der Waals surface area contributed by atoms with Crippen molar-refractivity contribution >= 4 is 17.2 Å². The molecule has 1 saturated carbocycles. The lowest BCUT2D eigenvalue weighted by molar-refractivity contribution is -0.134. The largest absolute Gasteiger partial charge is 0.334 e. The number of thiophene rings is 1. The minimum absolute atomic E-state index is 0.297. The van der Waals surface area contributed by atoms with Crippen molar-refractivity contribution in [3.63, 3.8) is 0 Å². The summed E-state index contributed by atoms with van der Waals surface area (Å²) in [6.07, 6.45) is 8.78. The Morgan fingerprint density at radius 3 is 2.92 bits per heavy atom. The summed E-state index contributed by atoms with van der Waals surface area (Å²) in [5.41, 5.74) is 1.45. The Bertz CT molecular complexity index is 535. The smallest absolute Gasteiger partial charge is 0.237 e. The normalized spacial score (nSPS) is 23.1. The van der Waals surface area contributed by atoms with E-state index in [2.05, 4.69) is 35.5 Å². The molecule has 0 bridgehead atoms. The first-order chi connectivity index (χ1) is 11.7. The van der Waals surface area contributed by atoms with E-state index >= 15 is 0 Å². The molecule has 3 rings (SSSR count). The molecule has 24 heavy (non-hydrogen) atoms. The molecule has 0 radical (unpaired) electrons. The van der Waals surface area contributed by atoms with Gasteiger partial charge in [-0.05, 0) is 54.7 Å². The molecule has 1 aliphatic heterocycles. The van der Waals surface area contributed by atoms with Crippen LogP contribution in [0.15, 0.2) is 11.4 Å². The Hall–Kier alpha value is -0.870. The molecule has 1 amide bonds. The zero-order chi connectivity index (χ0) is 16.9. The fraction of sp³-hybridized carbons (Fsp3) is 0.750. The molecule has 3 nitrogen and oxygen atoms in total. The monoisotopic (exact) mass is 348 g/mol. The average molecular weight is 349 g/mol. The molecule has 1 aliphatic carbocycles. The summed E-state index contributed by atoms with van der Waals surface area (Å²) in [5.74, 6) is 1.59. The number of hydrogen-bond acceptors (Lipinski definition) is 3. The summed E-state index contributed by atoms with van der Waals surface area (Å²) >= 11 is 1.88. The first-order valence-electron chi connectivity index (χ1n) is 9.77. The number of hydrogen-bond donors (Lipinski definition) is 1. The van der Waals surface area contributed by atoms with Crippen LogP contribution in [0.25, 0.3) is 0 Å². The zero-order valence-electron chi connectivity index (χ0n) is 15.2. The van der Waals surface area contributed by atoms with E-state index in [0.29, 0.717) is 30.3 Å². The van der Waals surface area contributed by atoms with Gasteiger partial charge in [0.25, 0.3) is 0 Å². The van der Waals surface area contributed by atoms with Crippen molar-refractivity contribution in [2.75, 3.05) is 19.6 Å². The lowest BCUT2D eigenvalue weighted by Gasteiger charge is -2.42. The molecule has 1 N–H and O–H groups in total. The standard InChI is InChI=1S/C20H32N2OS/c1-3-15(2)13-21-14-19(23)22-11-9-18-17(10-12-24-18)20(22)16-7-5-4-6-8-16/h10,12,15-16,20-21H,3-9,11,13-14H2,1-2H3. The number of carbonyl (C=O) groups excluding carboxylic acids is 1. The SMILES string of the molecule is CCC(C)CNCC(=O)N1CCc2sccc2C1C1CCCCC1. The molecular formula is C20H32N2OS. The summed E-state index contributed by atoms with van der Waals surface area (Å²) in [4.78, 5) is 16.6.